The second-order valence-electron chi connectivity index (χ2n) is 7.14. The molecule has 128 valence electrons. The highest BCUT2D eigenvalue weighted by atomic mass is 32.2. The zero-order valence-corrected chi connectivity index (χ0v) is 14.7. The van der Waals surface area contributed by atoms with E-state index < -0.39 is 5.97 Å². The number of aromatic nitrogens is 3. The first-order chi connectivity index (χ1) is 11.4. The number of thioether (sulfide) groups is 1. The Balaban J connectivity index is 1.61. The molecular weight excluding hydrogens is 328 g/mol. The number of carboxylic acids is 1. The fraction of sp³-hybridized carbons (Fsp3) is 0.625. The zero-order valence-electron chi connectivity index (χ0n) is 13.9. The monoisotopic (exact) mass is 349 g/mol. The summed E-state index contributed by atoms with van der Waals surface area (Å²) in [5.41, 5.74) is 0.208. The van der Waals surface area contributed by atoms with Crippen molar-refractivity contribution in [1.82, 2.24) is 14.6 Å². The van der Waals surface area contributed by atoms with Crippen LogP contribution in [0.15, 0.2) is 23.3 Å². The van der Waals surface area contributed by atoms with Crippen molar-refractivity contribution < 1.29 is 19.4 Å². The number of nitrogens with zero attached hydrogens (tertiary/aromatic N) is 4. The minimum Gasteiger partial charge on any atom is -0.477 e. The summed E-state index contributed by atoms with van der Waals surface area (Å²) in [7, 11) is 0. The van der Waals surface area contributed by atoms with Crippen LogP contribution in [0.25, 0.3) is 0 Å². The maximum atomic E-state index is 12.5. The van der Waals surface area contributed by atoms with Gasteiger partial charge < -0.3 is 10.0 Å². The molecule has 8 heteroatoms. The smallest absolute Gasteiger partial charge is 0.353 e. The normalized spacial score (nSPS) is 31.5. The molecule has 7 nitrogen and oxygen atoms in total. The Morgan fingerprint density at radius 1 is 1.50 bits per heavy atom. The van der Waals surface area contributed by atoms with E-state index in [1.165, 1.54) is 4.90 Å². The van der Waals surface area contributed by atoms with E-state index in [-0.39, 0.29) is 40.6 Å². The fourth-order valence-corrected chi connectivity index (χ4v) is 5.68. The Morgan fingerprint density at radius 3 is 2.88 bits per heavy atom. The zero-order chi connectivity index (χ0) is 17.2. The van der Waals surface area contributed by atoms with Crippen LogP contribution in [0, 0.1) is 17.8 Å². The Hall–Kier alpha value is -1.83. The Morgan fingerprint density at radius 2 is 2.25 bits per heavy atom. The molecule has 24 heavy (non-hydrogen) atoms. The van der Waals surface area contributed by atoms with Gasteiger partial charge in [-0.15, -0.1) is 11.8 Å². The van der Waals surface area contributed by atoms with Crippen molar-refractivity contribution in [3.8, 4) is 0 Å². The van der Waals surface area contributed by atoms with Gasteiger partial charge in [-0.2, -0.15) is 9.36 Å². The second kappa shape index (κ2) is 5.34. The molecule has 1 aromatic heterocycles. The Bertz CT molecular complexity index is 736. The molecule has 0 aromatic carbocycles. The summed E-state index contributed by atoms with van der Waals surface area (Å²) in [4.78, 5) is 30.8. The maximum absolute atomic E-state index is 12.5. The standard InChI is InChI=1S/C16H20N4O3S/c1-8(2)11-12-9(3)14(13(16(22)23)20(12)15(11)21)24-10-4-18-6-17-7-19(18)5-10/h6-12H,4-5H2,1-3H3/p+1. The van der Waals surface area contributed by atoms with Crippen LogP contribution in [0.2, 0.25) is 0 Å². The van der Waals surface area contributed by atoms with Crippen LogP contribution in [0.4, 0.5) is 0 Å². The molecule has 4 rings (SSSR count). The first-order valence-electron chi connectivity index (χ1n) is 8.27. The van der Waals surface area contributed by atoms with Crippen LogP contribution in [0.1, 0.15) is 20.8 Å². The van der Waals surface area contributed by atoms with E-state index in [1.807, 2.05) is 23.2 Å². The van der Waals surface area contributed by atoms with Crippen LogP contribution in [-0.2, 0) is 22.7 Å². The van der Waals surface area contributed by atoms with E-state index in [2.05, 4.69) is 11.9 Å². The van der Waals surface area contributed by atoms with Crippen molar-refractivity contribution in [3.63, 3.8) is 0 Å². The molecule has 3 atom stereocenters. The van der Waals surface area contributed by atoms with Gasteiger partial charge in [0.05, 0.1) is 23.8 Å². The number of carbonyl (C=O) groups is 2. The number of amides is 1. The predicted molar refractivity (Wildman–Crippen MR) is 86.6 cm³/mol. The molecule has 1 aromatic rings. The highest BCUT2D eigenvalue weighted by molar-refractivity contribution is 8.03. The highest BCUT2D eigenvalue weighted by Crippen LogP contribution is 2.52. The topological polar surface area (TPSA) is 79.3 Å². The molecular formula is C16H21N4O3S+. The van der Waals surface area contributed by atoms with Gasteiger partial charge in [0.25, 0.3) is 0 Å². The first-order valence-corrected chi connectivity index (χ1v) is 9.15. The SMILES string of the molecule is CC(C)C1C(=O)N2C(C(=O)O)=C(SC3Cn4cnc[n+]4C3)C(C)C12. The number of fused-ring (bicyclic) bond motifs is 2. The lowest BCUT2D eigenvalue weighted by Crippen LogP contribution is -2.62. The molecule has 0 spiro atoms. The van der Waals surface area contributed by atoms with Crippen molar-refractivity contribution in [2.75, 3.05) is 0 Å². The molecule has 1 amide bonds. The number of hydrogen-bond acceptors (Lipinski definition) is 4. The molecule has 3 aliphatic heterocycles. The van der Waals surface area contributed by atoms with Crippen molar-refractivity contribution in [1.29, 1.82) is 0 Å². The maximum Gasteiger partial charge on any atom is 0.353 e. The molecule has 0 saturated carbocycles. The summed E-state index contributed by atoms with van der Waals surface area (Å²) in [6.45, 7) is 7.74. The second-order valence-corrected chi connectivity index (χ2v) is 8.48. The number of hydrogen-bond donors (Lipinski definition) is 1. The minimum atomic E-state index is -0.991. The molecule has 0 aliphatic carbocycles. The van der Waals surface area contributed by atoms with Crippen molar-refractivity contribution in [2.45, 2.75) is 45.2 Å². The van der Waals surface area contributed by atoms with Crippen LogP contribution < -0.4 is 4.68 Å². The third-order valence-electron chi connectivity index (χ3n) is 5.31. The third kappa shape index (κ3) is 2.05. The van der Waals surface area contributed by atoms with Crippen molar-refractivity contribution in [3.05, 3.63) is 23.3 Å². The summed E-state index contributed by atoms with van der Waals surface area (Å²) in [5, 5.41) is 9.96. The minimum absolute atomic E-state index is 0.000685. The highest BCUT2D eigenvalue weighted by Gasteiger charge is 2.59. The Labute approximate surface area is 144 Å². The number of carbonyl (C=O) groups excluding carboxylic acids is 1. The van der Waals surface area contributed by atoms with Gasteiger partial charge in [0, 0.05) is 10.8 Å². The van der Waals surface area contributed by atoms with Gasteiger partial charge in [0.15, 0.2) is 0 Å². The van der Waals surface area contributed by atoms with Gasteiger partial charge in [-0.25, -0.2) is 4.79 Å². The Kier molecular flexibility index (Phi) is 3.49. The fourth-order valence-electron chi connectivity index (χ4n) is 4.22. The number of rotatable bonds is 4. The van der Waals surface area contributed by atoms with Crippen LogP contribution in [-0.4, -0.2) is 42.8 Å². The lowest BCUT2D eigenvalue weighted by molar-refractivity contribution is -0.758. The average Bonchev–Trinajstić information content (AvgIpc) is 3.12. The average molecular weight is 349 g/mol. The van der Waals surface area contributed by atoms with E-state index in [0.717, 1.165) is 18.0 Å². The number of carboxylic acid groups (broad SMARTS) is 1. The summed E-state index contributed by atoms with van der Waals surface area (Å²) >= 11 is 1.62. The van der Waals surface area contributed by atoms with Gasteiger partial charge in [-0.05, 0) is 10.9 Å². The largest absolute Gasteiger partial charge is 0.477 e. The van der Waals surface area contributed by atoms with Gasteiger partial charge in [-0.3, -0.25) is 4.79 Å². The van der Waals surface area contributed by atoms with E-state index in [4.69, 9.17) is 0 Å². The lowest BCUT2D eigenvalue weighted by atomic mass is 9.75. The molecule has 1 N–H and O–H groups in total. The van der Waals surface area contributed by atoms with Crippen molar-refractivity contribution in [2.24, 2.45) is 17.8 Å². The van der Waals surface area contributed by atoms with E-state index in [0.29, 0.717) is 0 Å². The van der Waals surface area contributed by atoms with Crippen LogP contribution in [0.5, 0.6) is 0 Å². The molecule has 3 aliphatic rings. The van der Waals surface area contributed by atoms with E-state index >= 15 is 0 Å². The van der Waals surface area contributed by atoms with Crippen LogP contribution in [0.3, 0.4) is 0 Å². The number of β-lactam (4-membered cyclic amide) rings is 1. The van der Waals surface area contributed by atoms with Gasteiger partial charge >= 0.3 is 12.3 Å². The van der Waals surface area contributed by atoms with Gasteiger partial charge in [0.2, 0.25) is 12.2 Å². The number of aliphatic carboxylic acids is 1. The summed E-state index contributed by atoms with van der Waals surface area (Å²) in [5.74, 6) is -0.785. The van der Waals surface area contributed by atoms with E-state index in [9.17, 15) is 14.7 Å². The summed E-state index contributed by atoms with van der Waals surface area (Å²) < 4.78 is 4.07. The predicted octanol–water partition coefficient (Wildman–Crippen LogP) is 0.715. The summed E-state index contributed by atoms with van der Waals surface area (Å²) in [6.07, 6.45) is 3.58. The third-order valence-corrected chi connectivity index (χ3v) is 6.77. The molecule has 4 heterocycles. The molecule has 1 saturated heterocycles. The van der Waals surface area contributed by atoms with Crippen LogP contribution >= 0.6 is 11.8 Å². The first kappa shape index (κ1) is 15.7. The lowest BCUT2D eigenvalue weighted by Gasteiger charge is -2.47. The quantitative estimate of drug-likeness (QED) is 0.640. The van der Waals surface area contributed by atoms with Crippen molar-refractivity contribution >= 4 is 23.6 Å². The van der Waals surface area contributed by atoms with E-state index in [1.54, 1.807) is 24.4 Å². The molecule has 0 radical (unpaired) electrons. The molecule has 0 bridgehead atoms. The van der Waals surface area contributed by atoms with Gasteiger partial charge in [-0.1, -0.05) is 20.8 Å². The summed E-state index contributed by atoms with van der Waals surface area (Å²) in [6, 6.07) is 0.000685. The molecule has 3 unspecified atom stereocenters. The van der Waals surface area contributed by atoms with Gasteiger partial charge in [0.1, 0.15) is 12.2 Å². The molecule has 1 fully saturated rings.